The van der Waals surface area contributed by atoms with E-state index in [0.29, 0.717) is 5.56 Å². The van der Waals surface area contributed by atoms with E-state index in [1.807, 2.05) is 5.48 Å². The van der Waals surface area contributed by atoms with E-state index < -0.39 is 23.4 Å². The molecule has 0 radical (unpaired) electrons. The zero-order valence-corrected chi connectivity index (χ0v) is 9.61. The van der Waals surface area contributed by atoms with E-state index in [2.05, 4.69) is 4.84 Å². The molecule has 8 nitrogen and oxygen atoms in total. The van der Waals surface area contributed by atoms with E-state index in [0.717, 1.165) is 6.08 Å². The van der Waals surface area contributed by atoms with Gasteiger partial charge in [-0.3, -0.25) is 19.7 Å². The molecular weight excluding hydrogens is 256 g/mol. The number of non-ortho nitro benzene ring substituents is 1. The predicted molar refractivity (Wildman–Crippen MR) is 63.9 cm³/mol. The number of hydrogen-bond acceptors (Lipinski definition) is 5. The first-order valence-electron chi connectivity index (χ1n) is 5.05. The summed E-state index contributed by atoms with van der Waals surface area (Å²) in [4.78, 5) is 35.5. The smallest absolute Gasteiger partial charge is 0.332 e. The van der Waals surface area contributed by atoms with Gasteiger partial charge < -0.3 is 5.11 Å². The molecule has 0 aliphatic carbocycles. The molecular formula is C11H10N2O6. The van der Waals surface area contributed by atoms with E-state index in [4.69, 9.17) is 5.11 Å². The van der Waals surface area contributed by atoms with Crippen LogP contribution in [0.2, 0.25) is 0 Å². The van der Waals surface area contributed by atoms with Crippen LogP contribution in [0.5, 0.6) is 0 Å². The van der Waals surface area contributed by atoms with Crippen LogP contribution in [-0.2, 0) is 14.4 Å². The lowest BCUT2D eigenvalue weighted by molar-refractivity contribution is -0.384. The van der Waals surface area contributed by atoms with Crippen molar-refractivity contribution in [1.29, 1.82) is 0 Å². The number of carboxylic acids is 1. The Morgan fingerprint density at radius 1 is 1.37 bits per heavy atom. The molecule has 1 aromatic carbocycles. The number of amides is 1. The second kappa shape index (κ2) is 6.87. The molecule has 0 spiro atoms. The highest BCUT2D eigenvalue weighted by molar-refractivity contribution is 5.91. The molecule has 1 rings (SSSR count). The number of nitrogens with one attached hydrogen (secondary N) is 1. The van der Waals surface area contributed by atoms with E-state index in [1.54, 1.807) is 0 Å². The summed E-state index contributed by atoms with van der Waals surface area (Å²) >= 11 is 0. The Balaban J connectivity index is 2.49. The minimum Gasteiger partial charge on any atom is -0.479 e. The molecule has 0 atom stereocenters. The standard InChI is InChI=1S/C11H10N2O6/c14-10(12-19-7-11(15)16)6-3-8-1-4-9(5-2-8)13(17)18/h1-6H,7H2,(H,12,14)(H,15,16). The van der Waals surface area contributed by atoms with Gasteiger partial charge in [0.25, 0.3) is 11.6 Å². The van der Waals surface area contributed by atoms with Crippen LogP contribution in [0.3, 0.4) is 0 Å². The number of carboxylic acid groups (broad SMARTS) is 1. The summed E-state index contributed by atoms with van der Waals surface area (Å²) in [6.45, 7) is -0.642. The number of hydroxylamine groups is 1. The van der Waals surface area contributed by atoms with Gasteiger partial charge in [-0.2, -0.15) is 0 Å². The largest absolute Gasteiger partial charge is 0.479 e. The van der Waals surface area contributed by atoms with Crippen LogP contribution < -0.4 is 5.48 Å². The van der Waals surface area contributed by atoms with E-state index in [9.17, 15) is 19.7 Å². The summed E-state index contributed by atoms with van der Waals surface area (Å²) in [6, 6.07) is 5.55. The Morgan fingerprint density at radius 3 is 2.53 bits per heavy atom. The lowest BCUT2D eigenvalue weighted by Crippen LogP contribution is -2.24. The number of nitro groups is 1. The summed E-state index contributed by atoms with van der Waals surface area (Å²) in [5.74, 6) is -1.85. The average Bonchev–Trinajstić information content (AvgIpc) is 2.36. The third kappa shape index (κ3) is 5.41. The summed E-state index contributed by atoms with van der Waals surface area (Å²) in [7, 11) is 0. The first-order chi connectivity index (χ1) is 8.99. The molecule has 1 amide bonds. The predicted octanol–water partition coefficient (Wildman–Crippen LogP) is 0.740. The van der Waals surface area contributed by atoms with Crippen molar-refractivity contribution in [3.05, 3.63) is 46.0 Å². The van der Waals surface area contributed by atoms with Gasteiger partial charge in [0.2, 0.25) is 0 Å². The molecule has 2 N–H and O–H groups in total. The second-order valence-corrected chi connectivity index (χ2v) is 3.33. The topological polar surface area (TPSA) is 119 Å². The molecule has 100 valence electrons. The molecule has 8 heteroatoms. The number of hydrogen-bond donors (Lipinski definition) is 2. The van der Waals surface area contributed by atoms with Crippen molar-refractivity contribution in [2.75, 3.05) is 6.61 Å². The van der Waals surface area contributed by atoms with Gasteiger partial charge in [-0.1, -0.05) is 0 Å². The molecule has 0 saturated heterocycles. The molecule has 0 unspecified atom stereocenters. The summed E-state index contributed by atoms with van der Waals surface area (Å²) in [5.41, 5.74) is 2.43. The fraction of sp³-hybridized carbons (Fsp3) is 0.0909. The van der Waals surface area contributed by atoms with Crippen molar-refractivity contribution in [2.45, 2.75) is 0 Å². The molecule has 1 aromatic rings. The molecule has 0 fully saturated rings. The van der Waals surface area contributed by atoms with Gasteiger partial charge in [-0.15, -0.1) is 0 Å². The van der Waals surface area contributed by atoms with Crippen LogP contribution in [0.25, 0.3) is 6.08 Å². The van der Waals surface area contributed by atoms with Gasteiger partial charge in [0.05, 0.1) is 4.92 Å². The summed E-state index contributed by atoms with van der Waals surface area (Å²) < 4.78 is 0. The monoisotopic (exact) mass is 266 g/mol. The molecule has 0 aliphatic heterocycles. The van der Waals surface area contributed by atoms with Gasteiger partial charge in [-0.05, 0) is 23.8 Å². The van der Waals surface area contributed by atoms with Crippen LogP contribution in [0, 0.1) is 10.1 Å². The number of carbonyl (C=O) groups is 2. The van der Waals surface area contributed by atoms with Gasteiger partial charge in [-0.25, -0.2) is 10.3 Å². The van der Waals surface area contributed by atoms with Crippen LogP contribution in [0.1, 0.15) is 5.56 Å². The number of aliphatic carboxylic acids is 1. The van der Waals surface area contributed by atoms with Crippen LogP contribution in [0.15, 0.2) is 30.3 Å². The number of nitro benzene ring substituents is 1. The molecule has 0 bridgehead atoms. The fourth-order valence-electron chi connectivity index (χ4n) is 1.08. The Labute approximate surface area is 107 Å². The Kier molecular flexibility index (Phi) is 5.17. The van der Waals surface area contributed by atoms with Gasteiger partial charge in [0.15, 0.2) is 6.61 Å². The highest BCUT2D eigenvalue weighted by Crippen LogP contribution is 2.12. The summed E-state index contributed by atoms with van der Waals surface area (Å²) in [5, 5.41) is 18.7. The lowest BCUT2D eigenvalue weighted by Gasteiger charge is -1.99. The number of benzene rings is 1. The minimum atomic E-state index is -1.21. The lowest BCUT2D eigenvalue weighted by atomic mass is 10.2. The van der Waals surface area contributed by atoms with Crippen molar-refractivity contribution < 1.29 is 24.5 Å². The van der Waals surface area contributed by atoms with Crippen molar-refractivity contribution in [3.8, 4) is 0 Å². The number of nitrogens with zero attached hydrogens (tertiary/aromatic N) is 1. The van der Waals surface area contributed by atoms with Gasteiger partial charge in [0.1, 0.15) is 0 Å². The first kappa shape index (κ1) is 14.3. The highest BCUT2D eigenvalue weighted by Gasteiger charge is 2.03. The maximum Gasteiger partial charge on any atom is 0.332 e. The van der Waals surface area contributed by atoms with Crippen LogP contribution in [-0.4, -0.2) is 28.5 Å². The van der Waals surface area contributed by atoms with E-state index in [-0.39, 0.29) is 5.69 Å². The van der Waals surface area contributed by atoms with Crippen molar-refractivity contribution in [2.24, 2.45) is 0 Å². The van der Waals surface area contributed by atoms with E-state index >= 15 is 0 Å². The minimum absolute atomic E-state index is 0.0496. The van der Waals surface area contributed by atoms with E-state index in [1.165, 1.54) is 30.3 Å². The molecule has 0 aromatic heterocycles. The quantitative estimate of drug-likeness (QED) is 0.445. The maximum atomic E-state index is 11.1. The highest BCUT2D eigenvalue weighted by atomic mass is 16.7. The SMILES string of the molecule is O=C(O)CONC(=O)C=Cc1ccc([N+](=O)[O-])cc1. The summed E-state index contributed by atoms with van der Waals surface area (Å²) in [6.07, 6.45) is 2.52. The van der Waals surface area contributed by atoms with Crippen molar-refractivity contribution in [1.82, 2.24) is 5.48 Å². The van der Waals surface area contributed by atoms with Crippen LogP contribution in [0.4, 0.5) is 5.69 Å². The molecule has 0 heterocycles. The third-order valence-corrected chi connectivity index (χ3v) is 1.90. The van der Waals surface area contributed by atoms with Crippen LogP contribution >= 0.6 is 0 Å². The fourth-order valence-corrected chi connectivity index (χ4v) is 1.08. The Hall–Kier alpha value is -2.74. The van der Waals surface area contributed by atoms with Gasteiger partial charge >= 0.3 is 5.97 Å². The zero-order valence-electron chi connectivity index (χ0n) is 9.61. The Bertz CT molecular complexity index is 508. The number of rotatable bonds is 6. The average molecular weight is 266 g/mol. The molecule has 19 heavy (non-hydrogen) atoms. The normalized spacial score (nSPS) is 10.3. The van der Waals surface area contributed by atoms with Crippen molar-refractivity contribution >= 4 is 23.6 Å². The zero-order chi connectivity index (χ0) is 14.3. The van der Waals surface area contributed by atoms with Crippen molar-refractivity contribution in [3.63, 3.8) is 0 Å². The molecule has 0 saturated carbocycles. The van der Waals surface area contributed by atoms with Gasteiger partial charge in [0, 0.05) is 18.2 Å². The first-order valence-corrected chi connectivity index (χ1v) is 5.05. The second-order valence-electron chi connectivity index (χ2n) is 3.33. The molecule has 0 aliphatic rings. The number of carbonyl (C=O) groups excluding carboxylic acids is 1. The third-order valence-electron chi connectivity index (χ3n) is 1.90. The maximum absolute atomic E-state index is 11.1. The Morgan fingerprint density at radius 2 is 2.00 bits per heavy atom.